The highest BCUT2D eigenvalue weighted by molar-refractivity contribution is 6.31. The van der Waals surface area contributed by atoms with Crippen molar-refractivity contribution in [3.8, 4) is 5.75 Å². The van der Waals surface area contributed by atoms with Crippen molar-refractivity contribution < 1.29 is 9.53 Å². The van der Waals surface area contributed by atoms with E-state index < -0.39 is 0 Å². The van der Waals surface area contributed by atoms with E-state index in [-0.39, 0.29) is 12.5 Å². The lowest BCUT2D eigenvalue weighted by molar-refractivity contribution is -0.118. The van der Waals surface area contributed by atoms with E-state index in [2.05, 4.69) is 12.2 Å². The van der Waals surface area contributed by atoms with Gasteiger partial charge in [0.1, 0.15) is 5.75 Å². The molecule has 0 aliphatic carbocycles. The summed E-state index contributed by atoms with van der Waals surface area (Å²) >= 11 is 5.87. The van der Waals surface area contributed by atoms with Crippen molar-refractivity contribution in [3.63, 3.8) is 0 Å². The van der Waals surface area contributed by atoms with Gasteiger partial charge in [-0.3, -0.25) is 4.79 Å². The molecule has 4 nitrogen and oxygen atoms in total. The number of hydrogen-bond acceptors (Lipinski definition) is 3. The first-order valence-corrected chi connectivity index (χ1v) is 7.03. The first-order chi connectivity index (χ1) is 10.1. The fourth-order valence-electron chi connectivity index (χ4n) is 1.83. The molecule has 0 spiro atoms. The summed E-state index contributed by atoms with van der Waals surface area (Å²) in [7, 11) is 0. The fourth-order valence-corrected chi connectivity index (χ4v) is 2.00. The molecule has 0 saturated carbocycles. The van der Waals surface area contributed by atoms with E-state index >= 15 is 0 Å². The summed E-state index contributed by atoms with van der Waals surface area (Å²) < 4.78 is 5.47. The summed E-state index contributed by atoms with van der Waals surface area (Å²) in [6.07, 6.45) is 0.919. The quantitative estimate of drug-likeness (QED) is 0.831. The molecule has 0 radical (unpaired) electrons. The van der Waals surface area contributed by atoms with Gasteiger partial charge in [-0.2, -0.15) is 0 Å². The highest BCUT2D eigenvalue weighted by atomic mass is 35.5. The molecule has 0 saturated heterocycles. The van der Waals surface area contributed by atoms with Gasteiger partial charge in [-0.1, -0.05) is 30.7 Å². The number of benzene rings is 2. The third-order valence-electron chi connectivity index (χ3n) is 2.97. The third-order valence-corrected chi connectivity index (χ3v) is 3.20. The number of aryl methyl sites for hydroxylation is 1. The van der Waals surface area contributed by atoms with Crippen LogP contribution in [0.5, 0.6) is 5.75 Å². The van der Waals surface area contributed by atoms with Gasteiger partial charge in [-0.25, -0.2) is 0 Å². The maximum Gasteiger partial charge on any atom is 0.262 e. The van der Waals surface area contributed by atoms with Crippen LogP contribution in [-0.4, -0.2) is 12.5 Å². The summed E-state index contributed by atoms with van der Waals surface area (Å²) in [5.74, 6) is 0.384. The Balaban J connectivity index is 1.94. The fraction of sp³-hybridized carbons (Fsp3) is 0.188. The maximum atomic E-state index is 11.9. The third kappa shape index (κ3) is 4.39. The topological polar surface area (TPSA) is 64.3 Å². The first kappa shape index (κ1) is 15.2. The Hall–Kier alpha value is -2.20. The van der Waals surface area contributed by atoms with Crippen LogP contribution in [0, 0.1) is 0 Å². The van der Waals surface area contributed by atoms with Gasteiger partial charge in [-0.15, -0.1) is 0 Å². The van der Waals surface area contributed by atoms with E-state index in [1.807, 2.05) is 24.3 Å². The highest BCUT2D eigenvalue weighted by Crippen LogP contribution is 2.22. The Kier molecular flexibility index (Phi) is 5.06. The van der Waals surface area contributed by atoms with Crippen LogP contribution in [-0.2, 0) is 11.2 Å². The Morgan fingerprint density at radius 1 is 1.29 bits per heavy atom. The van der Waals surface area contributed by atoms with Crippen molar-refractivity contribution in [2.24, 2.45) is 0 Å². The number of amides is 1. The number of nitrogens with one attached hydrogen (secondary N) is 1. The minimum absolute atomic E-state index is 0.0842. The van der Waals surface area contributed by atoms with Gasteiger partial charge >= 0.3 is 0 Å². The van der Waals surface area contributed by atoms with Crippen LogP contribution >= 0.6 is 11.6 Å². The zero-order valence-electron chi connectivity index (χ0n) is 11.7. The van der Waals surface area contributed by atoms with Crippen LogP contribution in [0.2, 0.25) is 5.02 Å². The molecule has 5 heteroatoms. The van der Waals surface area contributed by atoms with Crippen molar-refractivity contribution >= 4 is 28.9 Å². The molecule has 0 bridgehead atoms. The molecule has 0 aliphatic rings. The predicted molar refractivity (Wildman–Crippen MR) is 85.8 cm³/mol. The molecule has 0 fully saturated rings. The molecular weight excluding hydrogens is 288 g/mol. The van der Waals surface area contributed by atoms with E-state index in [1.54, 1.807) is 18.2 Å². The predicted octanol–water partition coefficient (Wildman–Crippen LogP) is 3.50. The summed E-state index contributed by atoms with van der Waals surface area (Å²) in [4.78, 5) is 11.9. The average Bonchev–Trinajstić information content (AvgIpc) is 2.49. The van der Waals surface area contributed by atoms with Gasteiger partial charge in [0.2, 0.25) is 0 Å². The average molecular weight is 305 g/mol. The van der Waals surface area contributed by atoms with Crippen molar-refractivity contribution in [1.29, 1.82) is 0 Å². The van der Waals surface area contributed by atoms with E-state index in [0.29, 0.717) is 22.1 Å². The Labute approximate surface area is 128 Å². The number of carbonyl (C=O) groups is 1. The summed E-state index contributed by atoms with van der Waals surface area (Å²) in [5.41, 5.74) is 7.87. The van der Waals surface area contributed by atoms with Crippen molar-refractivity contribution in [2.75, 3.05) is 17.7 Å². The molecule has 2 aromatic rings. The molecule has 0 heterocycles. The minimum Gasteiger partial charge on any atom is -0.484 e. The standard InChI is InChI=1S/C16H17ClN2O2/c1-2-11-4-3-5-13(8-11)21-10-16(20)19-15-9-12(17)6-7-14(15)18/h3-9H,2,10,18H2,1H3,(H,19,20). The number of halogens is 1. The molecule has 3 N–H and O–H groups in total. The molecule has 0 unspecified atom stereocenters. The van der Waals surface area contributed by atoms with Gasteiger partial charge in [0.15, 0.2) is 6.61 Å². The summed E-state index contributed by atoms with van der Waals surface area (Å²) in [5, 5.41) is 3.19. The first-order valence-electron chi connectivity index (χ1n) is 6.65. The van der Waals surface area contributed by atoms with Crippen LogP contribution in [0.25, 0.3) is 0 Å². The normalized spacial score (nSPS) is 10.2. The highest BCUT2D eigenvalue weighted by Gasteiger charge is 2.07. The molecule has 1 amide bonds. The lowest BCUT2D eigenvalue weighted by Gasteiger charge is -2.10. The van der Waals surface area contributed by atoms with Gasteiger partial charge in [-0.05, 0) is 42.3 Å². The molecular formula is C16H17ClN2O2. The van der Waals surface area contributed by atoms with Crippen LogP contribution in [0.4, 0.5) is 11.4 Å². The van der Waals surface area contributed by atoms with Gasteiger partial charge in [0.25, 0.3) is 5.91 Å². The number of carbonyl (C=O) groups excluding carboxylic acids is 1. The maximum absolute atomic E-state index is 11.9. The van der Waals surface area contributed by atoms with E-state index in [4.69, 9.17) is 22.1 Å². The second-order valence-corrected chi connectivity index (χ2v) is 5.01. The second kappa shape index (κ2) is 6.99. The molecule has 21 heavy (non-hydrogen) atoms. The van der Waals surface area contributed by atoms with Gasteiger partial charge in [0.05, 0.1) is 11.4 Å². The Bertz CT molecular complexity index is 644. The molecule has 0 aromatic heterocycles. The van der Waals surface area contributed by atoms with Crippen LogP contribution < -0.4 is 15.8 Å². The van der Waals surface area contributed by atoms with Crippen molar-refractivity contribution in [1.82, 2.24) is 0 Å². The molecule has 0 atom stereocenters. The minimum atomic E-state index is -0.286. The van der Waals surface area contributed by atoms with E-state index in [9.17, 15) is 4.79 Å². The largest absolute Gasteiger partial charge is 0.484 e. The van der Waals surface area contributed by atoms with Crippen LogP contribution in [0.1, 0.15) is 12.5 Å². The Morgan fingerprint density at radius 3 is 2.86 bits per heavy atom. The smallest absolute Gasteiger partial charge is 0.262 e. The SMILES string of the molecule is CCc1cccc(OCC(=O)Nc2cc(Cl)ccc2N)c1. The molecule has 110 valence electrons. The lowest BCUT2D eigenvalue weighted by Crippen LogP contribution is -2.20. The number of rotatable bonds is 5. The number of nitrogens with two attached hydrogens (primary N) is 1. The number of nitrogen functional groups attached to an aromatic ring is 1. The monoisotopic (exact) mass is 304 g/mol. The molecule has 2 aromatic carbocycles. The van der Waals surface area contributed by atoms with Crippen LogP contribution in [0.3, 0.4) is 0 Å². The van der Waals surface area contributed by atoms with E-state index in [1.165, 1.54) is 0 Å². The van der Waals surface area contributed by atoms with Crippen LogP contribution in [0.15, 0.2) is 42.5 Å². The molecule has 2 rings (SSSR count). The number of ether oxygens (including phenoxy) is 1. The Morgan fingerprint density at radius 2 is 2.10 bits per heavy atom. The summed E-state index contributed by atoms with van der Waals surface area (Å²) in [6.45, 7) is 1.98. The zero-order chi connectivity index (χ0) is 15.2. The van der Waals surface area contributed by atoms with Crippen molar-refractivity contribution in [2.45, 2.75) is 13.3 Å². The second-order valence-electron chi connectivity index (χ2n) is 4.57. The zero-order valence-corrected chi connectivity index (χ0v) is 12.5. The molecule has 0 aliphatic heterocycles. The number of hydrogen-bond donors (Lipinski definition) is 2. The van der Waals surface area contributed by atoms with Gasteiger partial charge in [0, 0.05) is 5.02 Å². The summed E-state index contributed by atoms with van der Waals surface area (Å²) in [6, 6.07) is 12.6. The number of anilines is 2. The van der Waals surface area contributed by atoms with Gasteiger partial charge < -0.3 is 15.8 Å². The van der Waals surface area contributed by atoms with E-state index in [0.717, 1.165) is 12.0 Å². The lowest BCUT2D eigenvalue weighted by atomic mass is 10.2. The van der Waals surface area contributed by atoms with Crippen molar-refractivity contribution in [3.05, 3.63) is 53.1 Å².